The summed E-state index contributed by atoms with van der Waals surface area (Å²) in [5.41, 5.74) is 1.37. The second-order valence-corrected chi connectivity index (χ2v) is 5.75. The molecule has 5 nitrogen and oxygen atoms in total. The SMILES string of the molecule is O=C(C=Cc1ccc(OC(F)(F)F)c(OC(F)(F)F)c1)N1CNc2ccccc21. The van der Waals surface area contributed by atoms with Crippen molar-refractivity contribution in [2.24, 2.45) is 0 Å². The van der Waals surface area contributed by atoms with Gasteiger partial charge in [-0.2, -0.15) is 0 Å². The Morgan fingerprint density at radius 1 is 0.966 bits per heavy atom. The summed E-state index contributed by atoms with van der Waals surface area (Å²) in [4.78, 5) is 13.8. The maximum absolute atomic E-state index is 12.5. The zero-order chi connectivity index (χ0) is 21.2. The number of carbonyl (C=O) groups is 1. The van der Waals surface area contributed by atoms with Crippen LogP contribution in [-0.4, -0.2) is 25.3 Å². The summed E-state index contributed by atoms with van der Waals surface area (Å²) in [6, 6.07) is 9.41. The van der Waals surface area contributed by atoms with Gasteiger partial charge in [0.2, 0.25) is 0 Å². The van der Waals surface area contributed by atoms with Crippen molar-refractivity contribution in [1.82, 2.24) is 0 Å². The van der Waals surface area contributed by atoms with E-state index in [2.05, 4.69) is 14.8 Å². The van der Waals surface area contributed by atoms with Crippen LogP contribution in [0.2, 0.25) is 0 Å². The van der Waals surface area contributed by atoms with Crippen LogP contribution in [0.25, 0.3) is 6.08 Å². The number of ether oxygens (including phenoxy) is 2. The fraction of sp³-hybridized carbons (Fsp3) is 0.167. The van der Waals surface area contributed by atoms with Crippen LogP contribution in [-0.2, 0) is 4.79 Å². The highest BCUT2D eigenvalue weighted by Crippen LogP contribution is 2.37. The zero-order valence-electron chi connectivity index (χ0n) is 14.3. The van der Waals surface area contributed by atoms with Gasteiger partial charge in [0.15, 0.2) is 11.5 Å². The predicted octanol–water partition coefficient (Wildman–Crippen LogP) is 4.91. The van der Waals surface area contributed by atoms with Gasteiger partial charge in [0, 0.05) is 6.08 Å². The topological polar surface area (TPSA) is 50.8 Å². The van der Waals surface area contributed by atoms with E-state index in [9.17, 15) is 31.1 Å². The van der Waals surface area contributed by atoms with Crippen molar-refractivity contribution in [3.05, 3.63) is 54.1 Å². The second kappa shape index (κ2) is 7.57. The summed E-state index contributed by atoms with van der Waals surface area (Å²) in [6.45, 7) is 0.198. The lowest BCUT2D eigenvalue weighted by Crippen LogP contribution is -2.28. The third-order valence-corrected chi connectivity index (χ3v) is 3.73. The monoisotopic (exact) mass is 418 g/mol. The molecule has 154 valence electrons. The van der Waals surface area contributed by atoms with Crippen molar-refractivity contribution in [2.75, 3.05) is 16.9 Å². The molecule has 11 heteroatoms. The fourth-order valence-electron chi connectivity index (χ4n) is 2.60. The number of fused-ring (bicyclic) bond motifs is 1. The first-order chi connectivity index (χ1) is 13.5. The number of hydrogen-bond donors (Lipinski definition) is 1. The van der Waals surface area contributed by atoms with Crippen LogP contribution in [0, 0.1) is 0 Å². The van der Waals surface area contributed by atoms with Crippen LogP contribution in [0.15, 0.2) is 48.5 Å². The molecule has 0 spiro atoms. The maximum Gasteiger partial charge on any atom is 0.573 e. The van der Waals surface area contributed by atoms with Gasteiger partial charge in [0.25, 0.3) is 5.91 Å². The zero-order valence-corrected chi connectivity index (χ0v) is 14.3. The van der Waals surface area contributed by atoms with Crippen LogP contribution in [0.4, 0.5) is 37.7 Å². The number of nitrogens with one attached hydrogen (secondary N) is 1. The van der Waals surface area contributed by atoms with E-state index in [-0.39, 0.29) is 12.2 Å². The summed E-state index contributed by atoms with van der Waals surface area (Å²) in [5.74, 6) is -2.81. The van der Waals surface area contributed by atoms with E-state index in [1.165, 1.54) is 4.90 Å². The van der Waals surface area contributed by atoms with Gasteiger partial charge in [0.1, 0.15) is 0 Å². The van der Waals surface area contributed by atoms with Gasteiger partial charge in [0.05, 0.1) is 18.0 Å². The average Bonchev–Trinajstić information content (AvgIpc) is 3.03. The van der Waals surface area contributed by atoms with Crippen LogP contribution in [0.1, 0.15) is 5.56 Å². The molecule has 1 amide bonds. The summed E-state index contributed by atoms with van der Waals surface area (Å²) in [6.07, 6.45) is -8.19. The number of rotatable bonds is 4. The number of halogens is 6. The quantitative estimate of drug-likeness (QED) is 0.566. The standard InChI is InChI=1S/C18H12F6N2O3/c19-17(20,21)28-14-7-5-11(9-15(14)29-18(22,23)24)6-8-16(27)26-10-25-12-3-1-2-4-13(12)26/h1-9,25H,10H2. The average molecular weight is 418 g/mol. The number of amides is 1. The largest absolute Gasteiger partial charge is 0.573 e. The van der Waals surface area contributed by atoms with E-state index < -0.39 is 30.1 Å². The molecule has 0 radical (unpaired) electrons. The number of para-hydroxylation sites is 2. The molecular weight excluding hydrogens is 406 g/mol. The summed E-state index contributed by atoms with van der Waals surface area (Å²) in [7, 11) is 0. The second-order valence-electron chi connectivity index (χ2n) is 5.75. The third-order valence-electron chi connectivity index (χ3n) is 3.73. The molecule has 29 heavy (non-hydrogen) atoms. The van der Waals surface area contributed by atoms with Gasteiger partial charge in [-0.15, -0.1) is 26.3 Å². The Kier molecular flexibility index (Phi) is 5.31. The Morgan fingerprint density at radius 2 is 1.62 bits per heavy atom. The van der Waals surface area contributed by atoms with Crippen molar-refractivity contribution < 1.29 is 40.6 Å². The number of nitrogens with zero attached hydrogens (tertiary/aromatic N) is 1. The first-order valence-electron chi connectivity index (χ1n) is 8.00. The smallest absolute Gasteiger partial charge is 0.402 e. The first kappa shape index (κ1) is 20.4. The lowest BCUT2D eigenvalue weighted by atomic mass is 10.2. The van der Waals surface area contributed by atoms with Crippen molar-refractivity contribution in [3.8, 4) is 11.5 Å². The van der Waals surface area contributed by atoms with E-state index in [1.807, 2.05) is 0 Å². The van der Waals surface area contributed by atoms with E-state index in [4.69, 9.17) is 0 Å². The molecule has 2 aromatic rings. The lowest BCUT2D eigenvalue weighted by molar-refractivity contribution is -0.287. The van der Waals surface area contributed by atoms with Crippen molar-refractivity contribution in [1.29, 1.82) is 0 Å². The number of hydrogen-bond acceptors (Lipinski definition) is 4. The number of anilines is 2. The molecule has 0 aliphatic carbocycles. The van der Waals surface area contributed by atoms with E-state index in [1.54, 1.807) is 24.3 Å². The fourth-order valence-corrected chi connectivity index (χ4v) is 2.60. The summed E-state index contributed by atoms with van der Waals surface area (Å²) in [5, 5.41) is 3.00. The van der Waals surface area contributed by atoms with E-state index in [0.717, 1.165) is 23.9 Å². The Morgan fingerprint density at radius 3 is 2.31 bits per heavy atom. The highest BCUT2D eigenvalue weighted by Gasteiger charge is 2.36. The highest BCUT2D eigenvalue weighted by molar-refractivity contribution is 6.07. The molecular formula is C18H12F6N2O3. The minimum absolute atomic E-state index is 0.00701. The van der Waals surface area contributed by atoms with E-state index >= 15 is 0 Å². The molecule has 0 aromatic heterocycles. The van der Waals surface area contributed by atoms with Crippen molar-refractivity contribution >= 4 is 23.4 Å². The molecule has 0 saturated carbocycles. The molecule has 0 bridgehead atoms. The van der Waals surface area contributed by atoms with E-state index in [0.29, 0.717) is 17.8 Å². The molecule has 1 aliphatic heterocycles. The Balaban J connectivity index is 1.81. The molecule has 0 fully saturated rings. The van der Waals surface area contributed by atoms with Gasteiger partial charge in [-0.25, -0.2) is 0 Å². The number of alkyl halides is 6. The summed E-state index contributed by atoms with van der Waals surface area (Å²) < 4.78 is 81.8. The number of benzene rings is 2. The molecule has 1 aliphatic rings. The first-order valence-corrected chi connectivity index (χ1v) is 8.00. The molecule has 0 atom stereocenters. The van der Waals surface area contributed by atoms with Crippen molar-refractivity contribution in [3.63, 3.8) is 0 Å². The van der Waals surface area contributed by atoms with Gasteiger partial charge >= 0.3 is 12.7 Å². The molecule has 1 N–H and O–H groups in total. The highest BCUT2D eigenvalue weighted by atomic mass is 19.4. The predicted molar refractivity (Wildman–Crippen MR) is 91.3 cm³/mol. The van der Waals surface area contributed by atoms with Crippen LogP contribution < -0.4 is 19.7 Å². The van der Waals surface area contributed by atoms with Crippen molar-refractivity contribution in [2.45, 2.75) is 12.7 Å². The van der Waals surface area contributed by atoms with Gasteiger partial charge in [-0.1, -0.05) is 18.2 Å². The third kappa shape index (κ3) is 5.33. The Hall–Kier alpha value is -3.37. The van der Waals surface area contributed by atoms with Gasteiger partial charge in [-0.05, 0) is 35.9 Å². The van der Waals surface area contributed by atoms with Gasteiger partial charge in [-0.3, -0.25) is 9.69 Å². The van der Waals surface area contributed by atoms with Crippen LogP contribution in [0.3, 0.4) is 0 Å². The minimum atomic E-state index is -5.23. The molecule has 1 heterocycles. The summed E-state index contributed by atoms with van der Waals surface area (Å²) >= 11 is 0. The molecule has 0 saturated heterocycles. The minimum Gasteiger partial charge on any atom is -0.402 e. The lowest BCUT2D eigenvalue weighted by Gasteiger charge is -2.16. The normalized spacial score (nSPS) is 13.9. The van der Waals surface area contributed by atoms with Crippen LogP contribution >= 0.6 is 0 Å². The number of carbonyl (C=O) groups excluding carboxylic acids is 1. The van der Waals surface area contributed by atoms with Crippen LogP contribution in [0.5, 0.6) is 11.5 Å². The molecule has 0 unspecified atom stereocenters. The molecule has 3 rings (SSSR count). The Labute approximate surface area is 160 Å². The maximum atomic E-state index is 12.5. The van der Waals surface area contributed by atoms with Gasteiger partial charge < -0.3 is 14.8 Å². The molecule has 2 aromatic carbocycles. The Bertz CT molecular complexity index is 940.